The van der Waals surface area contributed by atoms with E-state index in [1.54, 1.807) is 6.07 Å². The molecule has 1 amide bonds. The Morgan fingerprint density at radius 3 is 2.36 bits per heavy atom. The summed E-state index contributed by atoms with van der Waals surface area (Å²) in [5.41, 5.74) is 1.14. The highest BCUT2D eigenvalue weighted by atomic mass is 35.5. The van der Waals surface area contributed by atoms with Crippen molar-refractivity contribution in [3.63, 3.8) is 0 Å². The SMILES string of the molecule is CC(C)[C@H](NC(=O)c1ccc(Cl)cc1Cl)C(=O)OCc1ccccc1. The molecule has 4 nitrogen and oxygen atoms in total. The van der Waals surface area contributed by atoms with Gasteiger partial charge in [0, 0.05) is 5.02 Å². The number of ether oxygens (including phenoxy) is 1. The fourth-order valence-corrected chi connectivity index (χ4v) is 2.70. The van der Waals surface area contributed by atoms with E-state index in [0.717, 1.165) is 5.56 Å². The maximum atomic E-state index is 12.4. The summed E-state index contributed by atoms with van der Waals surface area (Å²) in [5, 5.41) is 3.35. The zero-order valence-corrected chi connectivity index (χ0v) is 15.5. The van der Waals surface area contributed by atoms with E-state index in [-0.39, 0.29) is 23.1 Å². The number of amides is 1. The Hall–Kier alpha value is -2.04. The highest BCUT2D eigenvalue weighted by molar-refractivity contribution is 6.36. The Morgan fingerprint density at radius 2 is 1.76 bits per heavy atom. The number of halogens is 2. The molecule has 0 aliphatic carbocycles. The van der Waals surface area contributed by atoms with Crippen LogP contribution in [0.5, 0.6) is 0 Å². The molecule has 0 radical (unpaired) electrons. The smallest absolute Gasteiger partial charge is 0.329 e. The summed E-state index contributed by atoms with van der Waals surface area (Å²) >= 11 is 11.9. The molecule has 0 aliphatic heterocycles. The lowest BCUT2D eigenvalue weighted by Crippen LogP contribution is -2.45. The summed E-state index contributed by atoms with van der Waals surface area (Å²) in [4.78, 5) is 24.8. The van der Waals surface area contributed by atoms with Gasteiger partial charge in [-0.25, -0.2) is 4.79 Å². The van der Waals surface area contributed by atoms with Gasteiger partial charge in [-0.05, 0) is 29.7 Å². The highest BCUT2D eigenvalue weighted by Gasteiger charge is 2.27. The third-order valence-corrected chi connectivity index (χ3v) is 4.15. The molecule has 0 heterocycles. The van der Waals surface area contributed by atoms with Crippen molar-refractivity contribution in [3.8, 4) is 0 Å². The molecule has 0 saturated carbocycles. The van der Waals surface area contributed by atoms with Crippen LogP contribution in [0.25, 0.3) is 0 Å². The third kappa shape index (κ3) is 5.48. The van der Waals surface area contributed by atoms with Crippen molar-refractivity contribution < 1.29 is 14.3 Å². The average Bonchev–Trinajstić information content (AvgIpc) is 2.58. The fraction of sp³-hybridized carbons (Fsp3) is 0.263. The van der Waals surface area contributed by atoms with Gasteiger partial charge in [-0.15, -0.1) is 0 Å². The minimum absolute atomic E-state index is 0.140. The van der Waals surface area contributed by atoms with E-state index >= 15 is 0 Å². The van der Waals surface area contributed by atoms with Crippen molar-refractivity contribution in [2.45, 2.75) is 26.5 Å². The first-order chi connectivity index (χ1) is 11.9. The zero-order valence-electron chi connectivity index (χ0n) is 14.0. The number of esters is 1. The van der Waals surface area contributed by atoms with Gasteiger partial charge in [-0.3, -0.25) is 4.79 Å². The number of benzene rings is 2. The van der Waals surface area contributed by atoms with Crippen molar-refractivity contribution in [2.24, 2.45) is 5.92 Å². The van der Waals surface area contributed by atoms with Gasteiger partial charge < -0.3 is 10.1 Å². The van der Waals surface area contributed by atoms with Gasteiger partial charge in [-0.2, -0.15) is 0 Å². The predicted octanol–water partition coefficient (Wildman–Crippen LogP) is 4.49. The summed E-state index contributed by atoms with van der Waals surface area (Å²) in [6.07, 6.45) is 0. The summed E-state index contributed by atoms with van der Waals surface area (Å²) < 4.78 is 5.33. The van der Waals surface area contributed by atoms with E-state index in [0.29, 0.717) is 5.02 Å². The zero-order chi connectivity index (χ0) is 18.4. The summed E-state index contributed by atoms with van der Waals surface area (Å²) in [6, 6.07) is 13.2. The lowest BCUT2D eigenvalue weighted by atomic mass is 10.0. The molecule has 0 saturated heterocycles. The average molecular weight is 380 g/mol. The van der Waals surface area contributed by atoms with Gasteiger partial charge in [0.1, 0.15) is 12.6 Å². The molecule has 0 aromatic heterocycles. The second kappa shape index (κ2) is 8.88. The molecule has 25 heavy (non-hydrogen) atoms. The first-order valence-electron chi connectivity index (χ1n) is 7.85. The Balaban J connectivity index is 2.04. The van der Waals surface area contributed by atoms with Gasteiger partial charge in [0.2, 0.25) is 0 Å². The summed E-state index contributed by atoms with van der Waals surface area (Å²) in [7, 11) is 0. The van der Waals surface area contributed by atoms with Crippen molar-refractivity contribution in [3.05, 3.63) is 69.7 Å². The van der Waals surface area contributed by atoms with E-state index < -0.39 is 17.9 Å². The molecule has 2 aromatic rings. The third-order valence-electron chi connectivity index (χ3n) is 3.61. The number of carbonyl (C=O) groups excluding carboxylic acids is 2. The molecule has 0 fully saturated rings. The van der Waals surface area contributed by atoms with E-state index in [1.807, 2.05) is 44.2 Å². The molecule has 1 N–H and O–H groups in total. The Kier molecular flexibility index (Phi) is 6.85. The van der Waals surface area contributed by atoms with Crippen LogP contribution in [0, 0.1) is 5.92 Å². The normalized spacial score (nSPS) is 11.9. The second-order valence-corrected chi connectivity index (χ2v) is 6.76. The molecular formula is C19H19Cl2NO3. The number of carbonyl (C=O) groups is 2. The minimum atomic E-state index is -0.775. The maximum Gasteiger partial charge on any atom is 0.329 e. The van der Waals surface area contributed by atoms with E-state index in [2.05, 4.69) is 5.32 Å². The Labute approximate surface area is 157 Å². The number of nitrogens with one attached hydrogen (secondary N) is 1. The highest BCUT2D eigenvalue weighted by Crippen LogP contribution is 2.21. The molecule has 0 aliphatic rings. The summed E-state index contributed by atoms with van der Waals surface area (Å²) in [5.74, 6) is -1.08. The van der Waals surface area contributed by atoms with Gasteiger partial charge >= 0.3 is 5.97 Å². The molecular weight excluding hydrogens is 361 g/mol. The topological polar surface area (TPSA) is 55.4 Å². The van der Waals surface area contributed by atoms with Gasteiger partial charge in [0.05, 0.1) is 10.6 Å². The monoisotopic (exact) mass is 379 g/mol. The van der Waals surface area contributed by atoms with Crippen LogP contribution in [-0.4, -0.2) is 17.9 Å². The number of rotatable bonds is 6. The van der Waals surface area contributed by atoms with Crippen LogP contribution in [0.4, 0.5) is 0 Å². The first kappa shape index (κ1) is 19.3. The van der Waals surface area contributed by atoms with Crippen LogP contribution < -0.4 is 5.32 Å². The van der Waals surface area contributed by atoms with Crippen molar-refractivity contribution in [1.82, 2.24) is 5.32 Å². The molecule has 2 rings (SSSR count). The van der Waals surface area contributed by atoms with Crippen LogP contribution in [0.15, 0.2) is 48.5 Å². The van der Waals surface area contributed by atoms with Crippen LogP contribution in [0.3, 0.4) is 0 Å². The number of hydrogen-bond acceptors (Lipinski definition) is 3. The van der Waals surface area contributed by atoms with Gasteiger partial charge in [-0.1, -0.05) is 67.4 Å². The molecule has 0 unspecified atom stereocenters. The van der Waals surface area contributed by atoms with Crippen LogP contribution in [0.1, 0.15) is 29.8 Å². The Morgan fingerprint density at radius 1 is 1.08 bits per heavy atom. The molecule has 6 heteroatoms. The van der Waals surface area contributed by atoms with E-state index in [9.17, 15) is 9.59 Å². The van der Waals surface area contributed by atoms with Crippen LogP contribution in [-0.2, 0) is 16.1 Å². The van der Waals surface area contributed by atoms with Crippen molar-refractivity contribution in [2.75, 3.05) is 0 Å². The molecule has 0 bridgehead atoms. The molecule has 2 aromatic carbocycles. The summed E-state index contributed by atoms with van der Waals surface area (Å²) in [6.45, 7) is 3.82. The number of hydrogen-bond donors (Lipinski definition) is 1. The van der Waals surface area contributed by atoms with Crippen LogP contribution >= 0.6 is 23.2 Å². The van der Waals surface area contributed by atoms with Crippen LogP contribution in [0.2, 0.25) is 10.0 Å². The maximum absolute atomic E-state index is 12.4. The standard InChI is InChI=1S/C19H19Cl2NO3/c1-12(2)17(19(24)25-11-13-6-4-3-5-7-13)22-18(23)15-9-8-14(20)10-16(15)21/h3-10,12,17H,11H2,1-2H3,(H,22,23)/t17-/m0/s1. The fourth-order valence-electron chi connectivity index (χ4n) is 2.21. The largest absolute Gasteiger partial charge is 0.459 e. The van der Waals surface area contributed by atoms with Gasteiger partial charge in [0.15, 0.2) is 0 Å². The molecule has 1 atom stereocenters. The quantitative estimate of drug-likeness (QED) is 0.752. The lowest BCUT2D eigenvalue weighted by Gasteiger charge is -2.21. The predicted molar refractivity (Wildman–Crippen MR) is 98.8 cm³/mol. The van der Waals surface area contributed by atoms with E-state index in [1.165, 1.54) is 12.1 Å². The lowest BCUT2D eigenvalue weighted by molar-refractivity contribution is -0.148. The Bertz CT molecular complexity index is 748. The van der Waals surface area contributed by atoms with Gasteiger partial charge in [0.25, 0.3) is 5.91 Å². The van der Waals surface area contributed by atoms with Crippen molar-refractivity contribution >= 4 is 35.1 Å². The van der Waals surface area contributed by atoms with Crippen molar-refractivity contribution in [1.29, 1.82) is 0 Å². The molecule has 132 valence electrons. The second-order valence-electron chi connectivity index (χ2n) is 5.91. The first-order valence-corrected chi connectivity index (χ1v) is 8.60. The molecule has 0 spiro atoms. The van der Waals surface area contributed by atoms with E-state index in [4.69, 9.17) is 27.9 Å². The minimum Gasteiger partial charge on any atom is -0.459 e.